The Bertz CT molecular complexity index is 934. The van der Waals surface area contributed by atoms with Gasteiger partial charge in [0.25, 0.3) is 0 Å². The zero-order valence-corrected chi connectivity index (χ0v) is 20.7. The predicted octanol–water partition coefficient (Wildman–Crippen LogP) is 2.49. The van der Waals surface area contributed by atoms with E-state index in [0.29, 0.717) is 30.5 Å². The Morgan fingerprint density at radius 3 is 2.17 bits per heavy atom. The SMILES string of the molecule is CCNC(=NCc1ccc(OC)c(OC)c1)NCc1ccc(S(=O)(=O)NC)cc1.I. The van der Waals surface area contributed by atoms with E-state index in [1.165, 1.54) is 7.05 Å². The van der Waals surface area contributed by atoms with Gasteiger partial charge in [-0.15, -0.1) is 24.0 Å². The van der Waals surface area contributed by atoms with Gasteiger partial charge in [-0.2, -0.15) is 0 Å². The zero-order valence-electron chi connectivity index (χ0n) is 17.6. The molecule has 0 fully saturated rings. The van der Waals surface area contributed by atoms with E-state index in [1.54, 1.807) is 38.5 Å². The molecule has 0 spiro atoms. The number of guanidine groups is 1. The van der Waals surface area contributed by atoms with Gasteiger partial charge in [-0.25, -0.2) is 18.1 Å². The highest BCUT2D eigenvalue weighted by atomic mass is 127. The minimum absolute atomic E-state index is 0. The Labute approximate surface area is 195 Å². The number of nitrogens with one attached hydrogen (secondary N) is 3. The van der Waals surface area contributed by atoms with Gasteiger partial charge in [0.15, 0.2) is 17.5 Å². The number of aliphatic imine (C=N–C) groups is 1. The van der Waals surface area contributed by atoms with Gasteiger partial charge in [0.2, 0.25) is 10.0 Å². The molecule has 0 unspecified atom stereocenters. The van der Waals surface area contributed by atoms with Crippen LogP contribution in [-0.2, 0) is 23.1 Å². The molecular formula is C20H29IN4O4S. The molecule has 166 valence electrons. The molecule has 0 heterocycles. The van der Waals surface area contributed by atoms with Gasteiger partial charge in [0, 0.05) is 13.1 Å². The fourth-order valence-electron chi connectivity index (χ4n) is 2.58. The predicted molar refractivity (Wildman–Crippen MR) is 129 cm³/mol. The van der Waals surface area contributed by atoms with Crippen LogP contribution in [0.5, 0.6) is 11.5 Å². The van der Waals surface area contributed by atoms with E-state index >= 15 is 0 Å². The summed E-state index contributed by atoms with van der Waals surface area (Å²) in [6.07, 6.45) is 0. The largest absolute Gasteiger partial charge is 0.493 e. The normalized spacial score (nSPS) is 11.4. The van der Waals surface area contributed by atoms with E-state index in [-0.39, 0.29) is 28.9 Å². The molecule has 2 rings (SSSR count). The monoisotopic (exact) mass is 548 g/mol. The van der Waals surface area contributed by atoms with Crippen LogP contribution in [0.15, 0.2) is 52.4 Å². The first-order valence-corrected chi connectivity index (χ1v) is 10.7. The molecule has 0 atom stereocenters. The number of methoxy groups -OCH3 is 2. The van der Waals surface area contributed by atoms with Gasteiger partial charge in [-0.1, -0.05) is 18.2 Å². The van der Waals surface area contributed by atoms with E-state index < -0.39 is 10.0 Å². The minimum Gasteiger partial charge on any atom is -0.493 e. The molecular weight excluding hydrogens is 519 g/mol. The van der Waals surface area contributed by atoms with Crippen molar-refractivity contribution < 1.29 is 17.9 Å². The number of hydrogen-bond acceptors (Lipinski definition) is 5. The lowest BCUT2D eigenvalue weighted by atomic mass is 10.2. The van der Waals surface area contributed by atoms with Crippen molar-refractivity contribution in [3.63, 3.8) is 0 Å². The van der Waals surface area contributed by atoms with E-state index in [9.17, 15) is 8.42 Å². The van der Waals surface area contributed by atoms with E-state index in [1.807, 2.05) is 25.1 Å². The standard InChI is InChI=1S/C20H28N4O4S.HI/c1-5-22-20(24-14-16-8-11-18(27-3)19(12-16)28-4)23-13-15-6-9-17(10-7-15)29(25,26)21-2;/h6-12,21H,5,13-14H2,1-4H3,(H2,22,23,24);1H. The molecule has 0 aliphatic heterocycles. The second kappa shape index (κ2) is 12.6. The highest BCUT2D eigenvalue weighted by molar-refractivity contribution is 14.0. The smallest absolute Gasteiger partial charge is 0.240 e. The lowest BCUT2D eigenvalue weighted by Gasteiger charge is -2.12. The summed E-state index contributed by atoms with van der Waals surface area (Å²) in [7, 11) is 1.16. The Morgan fingerprint density at radius 2 is 1.60 bits per heavy atom. The van der Waals surface area contributed by atoms with Crippen molar-refractivity contribution >= 4 is 40.0 Å². The number of nitrogens with zero attached hydrogens (tertiary/aromatic N) is 1. The molecule has 0 radical (unpaired) electrons. The highest BCUT2D eigenvalue weighted by Crippen LogP contribution is 2.27. The van der Waals surface area contributed by atoms with Crippen molar-refractivity contribution in [2.75, 3.05) is 27.8 Å². The van der Waals surface area contributed by atoms with Crippen LogP contribution in [0.25, 0.3) is 0 Å². The summed E-state index contributed by atoms with van der Waals surface area (Å²) in [4.78, 5) is 4.83. The molecule has 0 aliphatic carbocycles. The van der Waals surface area contributed by atoms with Crippen molar-refractivity contribution in [2.24, 2.45) is 4.99 Å². The number of benzene rings is 2. The maximum Gasteiger partial charge on any atom is 0.240 e. The van der Waals surface area contributed by atoms with Gasteiger partial charge in [0.05, 0.1) is 25.7 Å². The van der Waals surface area contributed by atoms with Crippen molar-refractivity contribution in [3.8, 4) is 11.5 Å². The lowest BCUT2D eigenvalue weighted by Crippen LogP contribution is -2.36. The third-order valence-corrected chi connectivity index (χ3v) is 5.60. The van der Waals surface area contributed by atoms with Crippen LogP contribution in [0, 0.1) is 0 Å². The lowest BCUT2D eigenvalue weighted by molar-refractivity contribution is 0.354. The second-order valence-electron chi connectivity index (χ2n) is 6.09. The van der Waals surface area contributed by atoms with Crippen LogP contribution in [0.3, 0.4) is 0 Å². The third kappa shape index (κ3) is 7.33. The average Bonchev–Trinajstić information content (AvgIpc) is 2.75. The topological polar surface area (TPSA) is 101 Å². The van der Waals surface area contributed by atoms with Gasteiger partial charge in [-0.05, 0) is 49.4 Å². The number of hydrogen-bond donors (Lipinski definition) is 3. The van der Waals surface area contributed by atoms with Crippen LogP contribution < -0.4 is 24.8 Å². The molecule has 0 aliphatic rings. The quantitative estimate of drug-likeness (QED) is 0.253. The van der Waals surface area contributed by atoms with E-state index in [2.05, 4.69) is 20.3 Å². The molecule has 30 heavy (non-hydrogen) atoms. The number of sulfonamides is 1. The molecule has 2 aromatic rings. The Balaban J connectivity index is 0.00000450. The maximum absolute atomic E-state index is 11.8. The summed E-state index contributed by atoms with van der Waals surface area (Å²) in [5, 5.41) is 6.44. The van der Waals surface area contributed by atoms with Crippen LogP contribution in [0.2, 0.25) is 0 Å². The van der Waals surface area contributed by atoms with Gasteiger partial charge in [0.1, 0.15) is 0 Å². The van der Waals surface area contributed by atoms with Crippen molar-refractivity contribution in [1.82, 2.24) is 15.4 Å². The average molecular weight is 548 g/mol. The molecule has 3 N–H and O–H groups in total. The van der Waals surface area contributed by atoms with Crippen LogP contribution in [0.1, 0.15) is 18.1 Å². The molecule has 0 bridgehead atoms. The van der Waals surface area contributed by atoms with Gasteiger partial charge < -0.3 is 20.1 Å². The Hall–Kier alpha value is -2.05. The Morgan fingerprint density at radius 1 is 0.967 bits per heavy atom. The molecule has 8 nitrogen and oxygen atoms in total. The molecule has 10 heteroatoms. The van der Waals surface area contributed by atoms with Crippen molar-refractivity contribution in [2.45, 2.75) is 24.9 Å². The van der Waals surface area contributed by atoms with Crippen molar-refractivity contribution in [3.05, 3.63) is 53.6 Å². The fraction of sp³-hybridized carbons (Fsp3) is 0.350. The molecule has 2 aromatic carbocycles. The van der Waals surface area contributed by atoms with Gasteiger partial charge >= 0.3 is 0 Å². The van der Waals surface area contributed by atoms with Crippen LogP contribution >= 0.6 is 24.0 Å². The number of halogens is 1. The fourth-order valence-corrected chi connectivity index (χ4v) is 3.31. The number of ether oxygens (including phenoxy) is 2. The zero-order chi connectivity index (χ0) is 21.3. The minimum atomic E-state index is -3.43. The molecule has 0 saturated carbocycles. The summed E-state index contributed by atoms with van der Waals surface area (Å²) in [5.41, 5.74) is 1.93. The van der Waals surface area contributed by atoms with Crippen LogP contribution in [0.4, 0.5) is 0 Å². The molecule has 0 amide bonds. The van der Waals surface area contributed by atoms with Gasteiger partial charge in [-0.3, -0.25) is 0 Å². The summed E-state index contributed by atoms with van der Waals surface area (Å²) in [6.45, 7) is 3.69. The third-order valence-electron chi connectivity index (χ3n) is 4.17. The van der Waals surface area contributed by atoms with E-state index in [0.717, 1.165) is 17.7 Å². The first-order chi connectivity index (χ1) is 13.9. The summed E-state index contributed by atoms with van der Waals surface area (Å²) < 4.78 is 36.5. The summed E-state index contributed by atoms with van der Waals surface area (Å²) >= 11 is 0. The number of rotatable bonds is 9. The summed E-state index contributed by atoms with van der Waals surface area (Å²) in [6, 6.07) is 12.4. The summed E-state index contributed by atoms with van der Waals surface area (Å²) in [5.74, 6) is 2.00. The second-order valence-corrected chi connectivity index (χ2v) is 7.98. The molecule has 0 saturated heterocycles. The van der Waals surface area contributed by atoms with Crippen LogP contribution in [-0.4, -0.2) is 42.2 Å². The Kier molecular flexibility index (Phi) is 10.9. The maximum atomic E-state index is 11.8. The molecule has 0 aromatic heterocycles. The first-order valence-electron chi connectivity index (χ1n) is 9.19. The van der Waals surface area contributed by atoms with Crippen molar-refractivity contribution in [1.29, 1.82) is 0 Å². The first kappa shape index (κ1) is 26.0. The van der Waals surface area contributed by atoms with E-state index in [4.69, 9.17) is 9.47 Å². The highest BCUT2D eigenvalue weighted by Gasteiger charge is 2.10.